The molecule has 1 unspecified atom stereocenters. The number of hydrogen-bond acceptors (Lipinski definition) is 2. The van der Waals surface area contributed by atoms with Crippen LogP contribution in [0.3, 0.4) is 0 Å². The maximum Gasteiger partial charge on any atom is 0.150 e. The number of rotatable bonds is 5. The van der Waals surface area contributed by atoms with Crippen LogP contribution in [-0.4, -0.2) is 30.6 Å². The van der Waals surface area contributed by atoms with Crippen molar-refractivity contribution in [1.29, 1.82) is 0 Å². The van der Waals surface area contributed by atoms with Gasteiger partial charge >= 0.3 is 0 Å². The second kappa shape index (κ2) is 6.49. The van der Waals surface area contributed by atoms with E-state index in [1.165, 1.54) is 11.1 Å². The molecule has 2 rings (SSSR count). The first-order valence-electron chi connectivity index (χ1n) is 6.79. The molecule has 0 saturated carbocycles. The van der Waals surface area contributed by atoms with E-state index < -0.39 is 9.84 Å². The van der Waals surface area contributed by atoms with E-state index in [9.17, 15) is 8.42 Å². The molecule has 0 N–H and O–H groups in total. The molecule has 0 radical (unpaired) electrons. The number of sulfone groups is 1. The molecule has 1 aliphatic rings. The van der Waals surface area contributed by atoms with Crippen molar-refractivity contribution >= 4 is 41.7 Å². The summed E-state index contributed by atoms with van der Waals surface area (Å²) in [6.07, 6.45) is 1.70. The smallest absolute Gasteiger partial charge is 0.150 e. The minimum Gasteiger partial charge on any atom is -0.229 e. The number of aryl methyl sites for hydroxylation is 1. The minimum absolute atomic E-state index is 0.0321. The molecule has 0 bridgehead atoms. The molecule has 0 aromatic heterocycles. The third kappa shape index (κ3) is 3.47. The highest BCUT2D eigenvalue weighted by Gasteiger charge is 2.43. The molecule has 1 aromatic rings. The van der Waals surface area contributed by atoms with E-state index >= 15 is 0 Å². The van der Waals surface area contributed by atoms with E-state index in [0.717, 1.165) is 23.5 Å². The lowest BCUT2D eigenvalue weighted by Gasteiger charge is -2.36. The fourth-order valence-corrected chi connectivity index (χ4v) is 7.14. The Morgan fingerprint density at radius 2 is 1.90 bits per heavy atom. The Hall–Kier alpha value is 0.130. The molecule has 0 spiro atoms. The molecule has 0 amide bonds. The van der Waals surface area contributed by atoms with Crippen molar-refractivity contribution < 1.29 is 8.42 Å². The third-order valence-corrected chi connectivity index (χ3v) is 8.44. The Balaban J connectivity index is 2.29. The van der Waals surface area contributed by atoms with Gasteiger partial charge in [-0.3, -0.25) is 0 Å². The molecule has 1 aliphatic heterocycles. The van der Waals surface area contributed by atoms with Gasteiger partial charge in [0, 0.05) is 10.7 Å². The van der Waals surface area contributed by atoms with E-state index in [0.29, 0.717) is 11.5 Å². The van der Waals surface area contributed by atoms with Crippen molar-refractivity contribution in [2.45, 2.75) is 19.8 Å². The van der Waals surface area contributed by atoms with Crippen molar-refractivity contribution in [3.63, 3.8) is 0 Å². The lowest BCUT2D eigenvalue weighted by Crippen LogP contribution is -2.37. The van der Waals surface area contributed by atoms with Crippen LogP contribution in [-0.2, 0) is 16.3 Å². The highest BCUT2D eigenvalue weighted by Crippen LogP contribution is 2.42. The average Bonchev–Trinajstić information content (AvgIpc) is 2.79. The summed E-state index contributed by atoms with van der Waals surface area (Å²) in [4.78, 5) is 0. The van der Waals surface area contributed by atoms with E-state index in [1.54, 1.807) is 0 Å². The quantitative estimate of drug-likeness (QED) is 0.675. The predicted octanol–water partition coefficient (Wildman–Crippen LogP) is 3.75. The number of benzene rings is 1. The second-order valence-corrected chi connectivity index (χ2v) is 9.18. The van der Waals surface area contributed by atoms with Crippen molar-refractivity contribution in [2.24, 2.45) is 11.3 Å². The van der Waals surface area contributed by atoms with Crippen LogP contribution < -0.4 is 0 Å². The van der Waals surface area contributed by atoms with Crippen molar-refractivity contribution in [3.8, 4) is 0 Å². The van der Waals surface area contributed by atoms with Gasteiger partial charge in [0.25, 0.3) is 0 Å². The van der Waals surface area contributed by atoms with Crippen molar-refractivity contribution in [1.82, 2.24) is 0 Å². The van der Waals surface area contributed by atoms with Gasteiger partial charge in [-0.25, -0.2) is 8.42 Å². The Morgan fingerprint density at radius 1 is 1.25 bits per heavy atom. The molecule has 112 valence electrons. The molecule has 2 nitrogen and oxygen atoms in total. The number of halogens is 2. The first-order valence-corrected chi connectivity index (χ1v) is 10.9. The van der Waals surface area contributed by atoms with Crippen LogP contribution in [0.25, 0.3) is 0 Å². The molecule has 1 atom stereocenters. The average molecular weight is 424 g/mol. The summed E-state index contributed by atoms with van der Waals surface area (Å²) >= 11 is 7.28. The molecule has 1 heterocycles. The zero-order valence-corrected chi connectivity index (χ0v) is 15.6. The largest absolute Gasteiger partial charge is 0.229 e. The predicted molar refractivity (Wildman–Crippen MR) is 91.7 cm³/mol. The van der Waals surface area contributed by atoms with Crippen LogP contribution in [0.2, 0.25) is 0 Å². The van der Waals surface area contributed by atoms with Crippen molar-refractivity contribution in [2.75, 3.05) is 22.2 Å². The summed E-state index contributed by atoms with van der Waals surface area (Å²) in [7, 11) is -2.84. The van der Waals surface area contributed by atoms with Crippen molar-refractivity contribution in [3.05, 3.63) is 35.4 Å². The molecule has 1 fully saturated rings. The molecule has 5 heteroatoms. The van der Waals surface area contributed by atoms with Gasteiger partial charge in [0.2, 0.25) is 0 Å². The normalized spacial score (nSPS) is 22.1. The number of alkyl halides is 2. The maximum absolute atomic E-state index is 11.8. The van der Waals surface area contributed by atoms with E-state index in [2.05, 4.69) is 57.0 Å². The maximum atomic E-state index is 11.8. The summed E-state index contributed by atoms with van der Waals surface area (Å²) in [6.45, 7) is 2.12. The zero-order chi connectivity index (χ0) is 14.8. The molecule has 0 aliphatic carbocycles. The second-order valence-electron chi connectivity index (χ2n) is 5.83. The Morgan fingerprint density at radius 3 is 2.40 bits per heavy atom. The summed E-state index contributed by atoms with van der Waals surface area (Å²) < 4.78 is 23.6. The van der Waals surface area contributed by atoms with Crippen LogP contribution in [0.1, 0.15) is 17.5 Å². The van der Waals surface area contributed by atoms with Gasteiger partial charge in [-0.2, -0.15) is 0 Å². The van der Waals surface area contributed by atoms with Crippen LogP contribution in [0.5, 0.6) is 0 Å². The highest BCUT2D eigenvalue weighted by molar-refractivity contribution is 9.09. The monoisotopic (exact) mass is 422 g/mol. The number of hydrogen-bond donors (Lipinski definition) is 0. The third-order valence-electron chi connectivity index (χ3n) is 4.43. The Kier molecular flexibility index (Phi) is 5.35. The zero-order valence-electron chi connectivity index (χ0n) is 11.6. The van der Waals surface area contributed by atoms with E-state index in [-0.39, 0.29) is 11.3 Å². The van der Waals surface area contributed by atoms with Gasteiger partial charge in [0.15, 0.2) is 9.84 Å². The Labute approximate surface area is 138 Å². The van der Waals surface area contributed by atoms with Gasteiger partial charge in [-0.05, 0) is 42.2 Å². The molecule has 1 saturated heterocycles. The fourth-order valence-electron chi connectivity index (χ4n) is 2.96. The lowest BCUT2D eigenvalue weighted by molar-refractivity contribution is 0.253. The topological polar surface area (TPSA) is 34.1 Å². The minimum atomic E-state index is -2.84. The van der Waals surface area contributed by atoms with Gasteiger partial charge in [0.1, 0.15) is 0 Å². The molecule has 1 aromatic carbocycles. The first-order chi connectivity index (χ1) is 9.42. The fraction of sp³-hybridized carbons (Fsp3) is 0.600. The van der Waals surface area contributed by atoms with Crippen LogP contribution in [0.15, 0.2) is 24.3 Å². The summed E-state index contributed by atoms with van der Waals surface area (Å²) in [5.41, 5.74) is 2.56. The SMILES string of the molecule is Cc1ccccc1CC(CBr)(CBr)C1CCS(=O)(=O)C1. The van der Waals surface area contributed by atoms with Crippen LogP contribution in [0, 0.1) is 18.3 Å². The standard InChI is InChI=1S/C15H20Br2O2S/c1-12-4-2-3-5-13(12)8-15(10-16,11-17)14-6-7-20(18,19)9-14/h2-5,14H,6-11H2,1H3. The highest BCUT2D eigenvalue weighted by atomic mass is 79.9. The van der Waals surface area contributed by atoms with Gasteiger partial charge in [0.05, 0.1) is 11.5 Å². The molecule has 20 heavy (non-hydrogen) atoms. The molecular formula is C15H20Br2O2S. The summed E-state index contributed by atoms with van der Waals surface area (Å²) in [5, 5.41) is 1.64. The van der Waals surface area contributed by atoms with Gasteiger partial charge in [-0.1, -0.05) is 56.1 Å². The summed E-state index contributed by atoms with van der Waals surface area (Å²) in [5.74, 6) is 0.898. The summed E-state index contributed by atoms with van der Waals surface area (Å²) in [6, 6.07) is 8.37. The van der Waals surface area contributed by atoms with Gasteiger partial charge in [-0.15, -0.1) is 0 Å². The lowest BCUT2D eigenvalue weighted by atomic mass is 9.73. The van der Waals surface area contributed by atoms with E-state index in [1.807, 2.05) is 6.07 Å². The van der Waals surface area contributed by atoms with Crippen LogP contribution >= 0.6 is 31.9 Å². The van der Waals surface area contributed by atoms with E-state index in [4.69, 9.17) is 0 Å². The first kappa shape index (κ1) is 16.5. The Bertz CT molecular complexity index is 565. The van der Waals surface area contributed by atoms with Crippen LogP contribution in [0.4, 0.5) is 0 Å². The van der Waals surface area contributed by atoms with Gasteiger partial charge < -0.3 is 0 Å². The molecular weight excluding hydrogens is 404 g/mol.